The van der Waals surface area contributed by atoms with Gasteiger partial charge in [0.05, 0.1) is 27.4 Å². The summed E-state index contributed by atoms with van der Waals surface area (Å²) in [7, 11) is 0. The lowest BCUT2D eigenvalue weighted by atomic mass is 10.0. The molecule has 0 amide bonds. The van der Waals surface area contributed by atoms with Crippen LogP contribution in [0.4, 0.5) is 0 Å². The van der Waals surface area contributed by atoms with Crippen LogP contribution in [0.2, 0.25) is 0 Å². The van der Waals surface area contributed by atoms with Crippen LogP contribution in [-0.2, 0) is 0 Å². The number of benzene rings is 2. The Kier molecular flexibility index (Phi) is 5.90. The first kappa shape index (κ1) is 25.2. The molecule has 2 aromatic carbocycles. The highest BCUT2D eigenvalue weighted by Crippen LogP contribution is 2.67. The summed E-state index contributed by atoms with van der Waals surface area (Å²) in [4.78, 5) is 24.7. The highest BCUT2D eigenvalue weighted by molar-refractivity contribution is 8.22. The molecule has 0 bridgehead atoms. The van der Waals surface area contributed by atoms with Crippen LogP contribution in [0, 0.1) is 0 Å². The molecule has 4 aliphatic heterocycles. The Hall–Kier alpha value is 0.910. The van der Waals surface area contributed by atoms with E-state index in [1.165, 1.54) is 39.2 Å². The minimum atomic E-state index is 0.0388. The Morgan fingerprint density at radius 2 is 0.706 bits per heavy atom. The van der Waals surface area contributed by atoms with Crippen molar-refractivity contribution in [1.29, 1.82) is 0 Å². The molecule has 6 rings (SSSR count). The van der Waals surface area contributed by atoms with E-state index < -0.39 is 0 Å². The molecule has 0 radical (unpaired) electrons. The number of fused-ring (bicyclic) bond motifs is 4. The fourth-order valence-electron chi connectivity index (χ4n) is 4.57. The molecule has 1 nitrogen and oxygen atoms in total. The Balaban J connectivity index is 1.60. The van der Waals surface area contributed by atoms with Crippen LogP contribution in [0.15, 0.2) is 51.3 Å². The lowest BCUT2D eigenvalue weighted by Crippen LogP contribution is -2.11. The molecule has 4 aliphatic rings. The van der Waals surface area contributed by atoms with E-state index in [1.54, 1.807) is 0 Å². The van der Waals surface area contributed by atoms with Crippen LogP contribution in [0.25, 0.3) is 0 Å². The normalized spacial score (nSPS) is 24.0. The molecule has 34 heavy (non-hydrogen) atoms. The molecule has 0 atom stereocenters. The molecule has 180 valence electrons. The predicted molar refractivity (Wildman–Crippen MR) is 159 cm³/mol. The van der Waals surface area contributed by atoms with Crippen LogP contribution >= 0.6 is 94.1 Å². The number of hydrogen-bond acceptors (Lipinski definition) is 9. The topological polar surface area (TPSA) is 17.1 Å². The van der Waals surface area contributed by atoms with E-state index in [9.17, 15) is 4.79 Å². The molecular weight excluding hydrogens is 573 g/mol. The maximum absolute atomic E-state index is 14.8. The van der Waals surface area contributed by atoms with E-state index in [1.807, 2.05) is 94.1 Å². The van der Waals surface area contributed by atoms with Gasteiger partial charge in [0.1, 0.15) is 0 Å². The molecule has 2 aromatic rings. The van der Waals surface area contributed by atoms with Crippen molar-refractivity contribution >= 4 is 99.9 Å². The second kappa shape index (κ2) is 7.96. The average molecular weight is 599 g/mol. The van der Waals surface area contributed by atoms with Crippen LogP contribution in [0.3, 0.4) is 0 Å². The molecule has 0 spiro atoms. The van der Waals surface area contributed by atoms with E-state index in [4.69, 9.17) is 0 Å². The quantitative estimate of drug-likeness (QED) is 0.311. The van der Waals surface area contributed by atoms with Crippen molar-refractivity contribution in [1.82, 2.24) is 0 Å². The van der Waals surface area contributed by atoms with Crippen LogP contribution < -0.4 is 0 Å². The zero-order chi connectivity index (χ0) is 24.4. The molecule has 0 fully saturated rings. The minimum absolute atomic E-state index is 0.0388. The van der Waals surface area contributed by atoms with Crippen molar-refractivity contribution in [3.8, 4) is 0 Å². The largest absolute Gasteiger partial charge is 0.288 e. The molecule has 0 saturated carbocycles. The Bertz CT molecular complexity index is 1110. The molecule has 4 heterocycles. The highest BCUT2D eigenvalue weighted by atomic mass is 32.2. The van der Waals surface area contributed by atoms with Crippen LogP contribution in [0.1, 0.15) is 71.3 Å². The first-order chi connectivity index (χ1) is 15.6. The molecule has 0 N–H and O–H groups in total. The lowest BCUT2D eigenvalue weighted by Gasteiger charge is -2.18. The van der Waals surface area contributed by atoms with Crippen molar-refractivity contribution in [2.45, 2.75) is 111 Å². The molecule has 9 heteroatoms. The second-order valence-corrected chi connectivity index (χ2v) is 24.8. The lowest BCUT2D eigenvalue weighted by molar-refractivity contribution is 0.102. The summed E-state index contributed by atoms with van der Waals surface area (Å²) in [5, 5.41) is 0. The Labute approximate surface area is 236 Å². The smallest absolute Gasteiger partial charge is 0.197 e. The van der Waals surface area contributed by atoms with Gasteiger partial charge in [0.25, 0.3) is 0 Å². The van der Waals surface area contributed by atoms with Gasteiger partial charge in [-0.1, -0.05) is 0 Å². The number of hydrogen-bond donors (Lipinski definition) is 0. The first-order valence-electron chi connectivity index (χ1n) is 11.1. The van der Waals surface area contributed by atoms with Gasteiger partial charge in [-0.2, -0.15) is 0 Å². The third-order valence-electron chi connectivity index (χ3n) is 5.60. The Morgan fingerprint density at radius 1 is 0.471 bits per heavy atom. The highest BCUT2D eigenvalue weighted by Gasteiger charge is 2.45. The van der Waals surface area contributed by atoms with E-state index >= 15 is 0 Å². The SMILES string of the molecule is CC1(C)Sc2cc3c(c(C(=O)c4c5c(cc6c4SC(C)(C)S6)SC(C)(C)S5)c2S1)SC(C)(C)S3. The number of rotatable bonds is 2. The zero-order valence-electron chi connectivity index (χ0n) is 20.3. The summed E-state index contributed by atoms with van der Waals surface area (Å²) in [5.74, 6) is 0.231. The van der Waals surface area contributed by atoms with Crippen LogP contribution in [0.5, 0.6) is 0 Å². The molecule has 0 unspecified atom stereocenters. The van der Waals surface area contributed by atoms with Crippen molar-refractivity contribution in [3.05, 3.63) is 23.3 Å². The fraction of sp³-hybridized carbons (Fsp3) is 0.480. The summed E-state index contributed by atoms with van der Waals surface area (Å²) in [5.41, 5.74) is 1.92. The van der Waals surface area contributed by atoms with Crippen LogP contribution in [-0.4, -0.2) is 22.1 Å². The fourth-order valence-corrected chi connectivity index (χ4v) is 16.0. The van der Waals surface area contributed by atoms with Gasteiger partial charge in [-0.15, -0.1) is 94.1 Å². The van der Waals surface area contributed by atoms with Gasteiger partial charge < -0.3 is 0 Å². The van der Waals surface area contributed by atoms with Gasteiger partial charge in [-0.05, 0) is 67.5 Å². The summed E-state index contributed by atoms with van der Waals surface area (Å²) < 4.78 is 0.155. The third-order valence-corrected chi connectivity index (χ3v) is 16.7. The first-order valence-corrected chi connectivity index (χ1v) is 17.7. The van der Waals surface area contributed by atoms with E-state index in [0.29, 0.717) is 0 Å². The summed E-state index contributed by atoms with van der Waals surface area (Å²) >= 11 is 15.1. The summed E-state index contributed by atoms with van der Waals surface area (Å²) in [6.07, 6.45) is 0. The number of carbonyl (C=O) groups excluding carboxylic acids is 1. The van der Waals surface area contributed by atoms with Gasteiger partial charge in [0.2, 0.25) is 0 Å². The molecule has 0 aliphatic carbocycles. The number of carbonyl (C=O) groups is 1. The Morgan fingerprint density at radius 3 is 0.941 bits per heavy atom. The average Bonchev–Trinajstić information content (AvgIpc) is 3.32. The van der Waals surface area contributed by atoms with Crippen molar-refractivity contribution in [3.63, 3.8) is 0 Å². The summed E-state index contributed by atoms with van der Waals surface area (Å²) in [6.45, 7) is 18.2. The van der Waals surface area contributed by atoms with Gasteiger partial charge >= 0.3 is 0 Å². The van der Waals surface area contributed by atoms with Gasteiger partial charge in [-0.25, -0.2) is 0 Å². The molecular formula is C25H26OS8. The molecule has 0 aromatic heterocycles. The van der Waals surface area contributed by atoms with Gasteiger partial charge in [-0.3, -0.25) is 4.79 Å². The molecule has 0 saturated heterocycles. The van der Waals surface area contributed by atoms with E-state index in [2.05, 4.69) is 67.5 Å². The monoisotopic (exact) mass is 598 g/mol. The third kappa shape index (κ3) is 4.24. The zero-order valence-corrected chi connectivity index (χ0v) is 26.9. The maximum Gasteiger partial charge on any atom is 0.197 e. The van der Waals surface area contributed by atoms with Crippen molar-refractivity contribution in [2.75, 3.05) is 0 Å². The number of ketones is 1. The second-order valence-electron chi connectivity index (χ2n) is 10.6. The van der Waals surface area contributed by atoms with Gasteiger partial charge in [0.15, 0.2) is 5.78 Å². The maximum atomic E-state index is 14.8. The summed E-state index contributed by atoms with van der Waals surface area (Å²) in [6, 6.07) is 4.70. The van der Waals surface area contributed by atoms with Crippen molar-refractivity contribution < 1.29 is 4.79 Å². The standard InChI is InChI=1S/C25H26OS8/c1-22(2)27-11-9-12-19(32-23(3,4)28-12)15(18(11)31-22)17(26)16-20-13(29-24(5,6)33-20)10-14-21(16)34-25(7,8)30-14/h9-10H,1-8H3. The predicted octanol–water partition coefficient (Wildman–Crippen LogP) is 10.7. The van der Waals surface area contributed by atoms with E-state index in [0.717, 1.165) is 11.1 Å². The van der Waals surface area contributed by atoms with Crippen molar-refractivity contribution in [2.24, 2.45) is 0 Å². The van der Waals surface area contributed by atoms with E-state index in [-0.39, 0.29) is 22.1 Å². The number of thioether (sulfide) groups is 8. The van der Waals surface area contributed by atoms with Gasteiger partial charge in [0, 0.05) is 39.2 Å². The minimum Gasteiger partial charge on any atom is -0.288 e.